The van der Waals surface area contributed by atoms with Gasteiger partial charge in [0, 0.05) is 5.75 Å². The van der Waals surface area contributed by atoms with E-state index in [0.717, 1.165) is 5.56 Å². The van der Waals surface area contributed by atoms with E-state index in [1.165, 1.54) is 0 Å². The van der Waals surface area contributed by atoms with Crippen LogP contribution in [0.3, 0.4) is 0 Å². The van der Waals surface area contributed by atoms with Crippen LogP contribution in [0.15, 0.2) is 30.3 Å². The van der Waals surface area contributed by atoms with E-state index >= 15 is 0 Å². The van der Waals surface area contributed by atoms with Crippen molar-refractivity contribution in [1.29, 1.82) is 0 Å². The second kappa shape index (κ2) is 6.68. The number of hydrogen-bond acceptors (Lipinski definition) is 5. The Balaban J connectivity index is 0.00000225. The normalized spacial score (nSPS) is 11.9. The van der Waals surface area contributed by atoms with Gasteiger partial charge in [0.2, 0.25) is 0 Å². The summed E-state index contributed by atoms with van der Waals surface area (Å²) < 4.78 is 30.6. The first-order valence-electron chi connectivity index (χ1n) is 4.25. The van der Waals surface area contributed by atoms with Gasteiger partial charge in [0.25, 0.3) is 0 Å². The Morgan fingerprint density at radius 2 is 1.69 bits per heavy atom. The average Bonchev–Trinajstić information content (AvgIpc) is 2.16. The quantitative estimate of drug-likeness (QED) is 0.311. The van der Waals surface area contributed by atoms with Gasteiger partial charge in [0.05, 0.1) is 14.2 Å². The summed E-state index contributed by atoms with van der Waals surface area (Å²) >= 11 is 8.50. The van der Waals surface area contributed by atoms with Gasteiger partial charge in [0.1, 0.15) is 0 Å². The summed E-state index contributed by atoms with van der Waals surface area (Å²) in [7, 11) is -4.21. The maximum atomic E-state index is 10.5. The largest absolute Gasteiger partial charge is 1.00 e. The third kappa shape index (κ3) is 5.95. The molecule has 16 heavy (non-hydrogen) atoms. The van der Waals surface area contributed by atoms with E-state index < -0.39 is 20.0 Å². The molecule has 0 fully saturated rings. The second-order valence-corrected chi connectivity index (χ2v) is 6.60. The Kier molecular flexibility index (Phi) is 7.03. The molecule has 0 radical (unpaired) electrons. The first-order valence-corrected chi connectivity index (χ1v) is 6.72. The summed E-state index contributed by atoms with van der Waals surface area (Å²) in [6.07, 6.45) is 0.0784. The van der Waals surface area contributed by atoms with E-state index in [2.05, 4.69) is 25.3 Å². The molecule has 0 amide bonds. The molecule has 0 aliphatic rings. The predicted molar refractivity (Wildman–Crippen MR) is 65.3 cm³/mol. The van der Waals surface area contributed by atoms with Crippen molar-refractivity contribution in [2.75, 3.05) is 5.75 Å². The Morgan fingerprint density at radius 3 is 2.12 bits per heavy atom. The smallest absolute Gasteiger partial charge is 0.748 e. The molecule has 0 spiro atoms. The zero-order valence-electron chi connectivity index (χ0n) is 8.83. The van der Waals surface area contributed by atoms with E-state index in [9.17, 15) is 13.0 Å². The summed E-state index contributed by atoms with van der Waals surface area (Å²) in [6, 6.07) is 9.03. The van der Waals surface area contributed by atoms with Crippen LogP contribution < -0.4 is 29.6 Å². The monoisotopic (exact) mass is 286 g/mol. The second-order valence-electron chi connectivity index (χ2n) is 3.19. The van der Waals surface area contributed by atoms with Crippen molar-refractivity contribution in [2.24, 2.45) is 0 Å². The maximum Gasteiger partial charge on any atom is 1.00 e. The maximum absolute atomic E-state index is 10.5. The molecule has 0 aliphatic carbocycles. The first-order chi connectivity index (χ1) is 6.81. The molecule has 0 bridgehead atoms. The molecular formula is C9H11NaO3S3. The zero-order valence-corrected chi connectivity index (χ0v) is 13.4. The summed E-state index contributed by atoms with van der Waals surface area (Å²) in [4.78, 5) is 0. The first kappa shape index (κ1) is 16.8. The van der Waals surface area contributed by atoms with Gasteiger partial charge in [-0.2, -0.15) is 25.3 Å². The molecule has 0 saturated heterocycles. The number of benzene rings is 1. The van der Waals surface area contributed by atoms with Crippen molar-refractivity contribution < 1.29 is 42.5 Å². The molecule has 3 nitrogen and oxygen atoms in total. The molecule has 0 saturated carbocycles. The molecule has 0 aromatic heterocycles. The van der Waals surface area contributed by atoms with Gasteiger partial charge in [-0.1, -0.05) is 30.3 Å². The van der Waals surface area contributed by atoms with Crippen LogP contribution in [0.5, 0.6) is 0 Å². The Labute approximate surface area is 129 Å². The van der Waals surface area contributed by atoms with Gasteiger partial charge in [0.15, 0.2) is 0 Å². The van der Waals surface area contributed by atoms with Crippen LogP contribution >= 0.6 is 25.3 Å². The van der Waals surface area contributed by atoms with Crippen molar-refractivity contribution in [3.63, 3.8) is 0 Å². The number of rotatable bonds is 4. The molecule has 1 rings (SSSR count). The van der Waals surface area contributed by atoms with Gasteiger partial charge in [-0.05, 0) is 12.0 Å². The van der Waals surface area contributed by atoms with E-state index in [-0.39, 0.29) is 36.0 Å². The van der Waals surface area contributed by atoms with Gasteiger partial charge in [-0.3, -0.25) is 0 Å². The molecule has 1 aromatic carbocycles. The fourth-order valence-electron chi connectivity index (χ4n) is 1.12. The molecule has 7 heteroatoms. The van der Waals surface area contributed by atoms with Gasteiger partial charge >= 0.3 is 29.6 Å². The van der Waals surface area contributed by atoms with Gasteiger partial charge < -0.3 is 4.55 Å². The molecule has 0 aliphatic heterocycles. The van der Waals surface area contributed by atoms with Crippen LogP contribution in [0.4, 0.5) is 0 Å². The Morgan fingerprint density at radius 1 is 1.19 bits per heavy atom. The van der Waals surface area contributed by atoms with E-state index in [4.69, 9.17) is 0 Å². The Hall–Kier alpha value is 0.830. The molecule has 0 unspecified atom stereocenters. The Bertz CT molecular complexity index is 417. The fraction of sp³-hybridized carbons (Fsp3) is 0.333. The SMILES string of the molecule is O=S(=O)([O-])CCC(S)(S)c1ccccc1.[Na+]. The minimum absolute atomic E-state index is 0. The fourth-order valence-corrected chi connectivity index (χ4v) is 2.50. The van der Waals surface area contributed by atoms with Crippen molar-refractivity contribution in [2.45, 2.75) is 10.5 Å². The topological polar surface area (TPSA) is 57.2 Å². The number of thiol groups is 2. The summed E-state index contributed by atoms with van der Waals surface area (Å²) in [5.41, 5.74) is 0.778. The average molecular weight is 286 g/mol. The van der Waals surface area contributed by atoms with Gasteiger partial charge in [-0.15, -0.1) is 0 Å². The van der Waals surface area contributed by atoms with Crippen molar-refractivity contribution >= 4 is 35.4 Å². The van der Waals surface area contributed by atoms with Crippen molar-refractivity contribution in [3.05, 3.63) is 35.9 Å². The van der Waals surface area contributed by atoms with Crippen LogP contribution in [0, 0.1) is 0 Å². The minimum Gasteiger partial charge on any atom is -0.748 e. The van der Waals surface area contributed by atoms with E-state index in [0.29, 0.717) is 0 Å². The third-order valence-electron chi connectivity index (χ3n) is 1.94. The van der Waals surface area contributed by atoms with Crippen LogP contribution in [0.25, 0.3) is 0 Å². The number of hydrogen-bond donors (Lipinski definition) is 2. The molecule has 0 heterocycles. The van der Waals surface area contributed by atoms with E-state index in [1.54, 1.807) is 12.1 Å². The van der Waals surface area contributed by atoms with Crippen molar-refractivity contribution in [3.8, 4) is 0 Å². The van der Waals surface area contributed by atoms with E-state index in [1.807, 2.05) is 18.2 Å². The van der Waals surface area contributed by atoms with Gasteiger partial charge in [-0.25, -0.2) is 8.42 Å². The minimum atomic E-state index is -4.21. The van der Waals surface area contributed by atoms with Crippen LogP contribution in [0.1, 0.15) is 12.0 Å². The summed E-state index contributed by atoms with van der Waals surface area (Å²) in [6.45, 7) is 0. The molecule has 1 aromatic rings. The molecule has 84 valence electrons. The third-order valence-corrected chi connectivity index (χ3v) is 3.60. The predicted octanol–water partition coefficient (Wildman–Crippen LogP) is -1.36. The van der Waals surface area contributed by atoms with Crippen LogP contribution in [0.2, 0.25) is 0 Å². The summed E-state index contributed by atoms with van der Waals surface area (Å²) in [5, 5.41) is 0. The standard InChI is InChI=1S/C9H12O3S3.Na/c10-15(11,12)7-6-9(13,14)8-4-2-1-3-5-8;/h1-5,13-14H,6-7H2,(H,10,11,12);/q;+1/p-1. The zero-order chi connectivity index (χ0) is 11.5. The molecule has 0 N–H and O–H groups in total. The van der Waals surface area contributed by atoms with Crippen LogP contribution in [-0.4, -0.2) is 18.7 Å². The molecule has 0 atom stereocenters. The summed E-state index contributed by atoms with van der Waals surface area (Å²) in [5.74, 6) is -0.463. The van der Waals surface area contributed by atoms with Crippen LogP contribution in [-0.2, 0) is 14.2 Å². The molecular weight excluding hydrogens is 275 g/mol. The van der Waals surface area contributed by atoms with Crippen molar-refractivity contribution in [1.82, 2.24) is 0 Å².